The summed E-state index contributed by atoms with van der Waals surface area (Å²) in [5.41, 5.74) is 8.10. The van der Waals surface area contributed by atoms with E-state index in [1.165, 1.54) is 12.2 Å². The summed E-state index contributed by atoms with van der Waals surface area (Å²) in [6.07, 6.45) is -10.5. The maximum atomic E-state index is 13.1. The van der Waals surface area contributed by atoms with Gasteiger partial charge in [-0.3, -0.25) is 19.4 Å². The first-order valence-corrected chi connectivity index (χ1v) is 21.3. The second-order valence-corrected chi connectivity index (χ2v) is 16.4. The molecule has 364 valence electrons. The SMILES string of the molecule is C=CC1=C(C)/C(=C/c2[nH]c(Cc3[nH]c(/C=C4\NC(=O)C(C=C)=C4C)c(C)c3CCC(=O)OO[C@@H]3O[C@H](CO)[C@@H](O)[C@H](O)[C@H]3O)c(CCC(=O)OO[C@@H]3O[C@H](CO)[C@@H](O)[C@H](O)[C@H]3O)c2C)NC1=O. The van der Waals surface area contributed by atoms with Gasteiger partial charge in [0.2, 0.25) is 12.6 Å². The van der Waals surface area contributed by atoms with Gasteiger partial charge in [0.25, 0.3) is 11.8 Å². The number of nitrogens with one attached hydrogen (secondary N) is 4. The zero-order valence-electron chi connectivity index (χ0n) is 37.1. The molecule has 0 saturated carbocycles. The summed E-state index contributed by atoms with van der Waals surface area (Å²) in [5.74, 6) is -2.48. The summed E-state index contributed by atoms with van der Waals surface area (Å²) >= 11 is 0. The Kier molecular flexibility index (Phi) is 16.4. The van der Waals surface area contributed by atoms with Crippen molar-refractivity contribution >= 4 is 35.9 Å². The maximum Gasteiger partial charge on any atom is 0.342 e. The van der Waals surface area contributed by atoms with Crippen molar-refractivity contribution in [3.05, 3.63) is 104 Å². The highest BCUT2D eigenvalue weighted by Crippen LogP contribution is 2.32. The van der Waals surface area contributed by atoms with Gasteiger partial charge in [-0.2, -0.15) is 0 Å². The Morgan fingerprint density at radius 1 is 0.612 bits per heavy atom. The largest absolute Gasteiger partial charge is 0.394 e. The number of hydrogen-bond acceptors (Lipinski definition) is 18. The summed E-state index contributed by atoms with van der Waals surface area (Å²) in [7, 11) is 0. The number of H-pyrrole nitrogens is 2. The van der Waals surface area contributed by atoms with Crippen molar-refractivity contribution in [2.75, 3.05) is 13.2 Å². The van der Waals surface area contributed by atoms with Gasteiger partial charge in [-0.25, -0.2) is 9.59 Å². The van der Waals surface area contributed by atoms with Crippen LogP contribution < -0.4 is 10.6 Å². The zero-order chi connectivity index (χ0) is 49.0. The molecule has 2 amide bonds. The van der Waals surface area contributed by atoms with Crippen LogP contribution >= 0.6 is 0 Å². The first-order chi connectivity index (χ1) is 31.8. The van der Waals surface area contributed by atoms with Gasteiger partial charge in [0.15, 0.2) is 0 Å². The Labute approximate surface area is 383 Å². The zero-order valence-corrected chi connectivity index (χ0v) is 37.1. The van der Waals surface area contributed by atoms with E-state index in [4.69, 9.17) is 29.0 Å². The molecule has 0 aliphatic carbocycles. The quantitative estimate of drug-likeness (QED) is 0.0624. The third-order valence-corrected chi connectivity index (χ3v) is 12.3. The lowest BCUT2D eigenvalue weighted by molar-refractivity contribution is -0.405. The van der Waals surface area contributed by atoms with E-state index in [0.29, 0.717) is 78.7 Å². The smallest absolute Gasteiger partial charge is 0.342 e. The molecule has 2 fully saturated rings. The van der Waals surface area contributed by atoms with Crippen LogP contribution in [0.3, 0.4) is 0 Å². The van der Waals surface area contributed by atoms with E-state index in [0.717, 1.165) is 0 Å². The van der Waals surface area contributed by atoms with Gasteiger partial charge in [-0.1, -0.05) is 25.3 Å². The van der Waals surface area contributed by atoms with Crippen LogP contribution in [0.1, 0.15) is 71.7 Å². The lowest BCUT2D eigenvalue weighted by atomic mass is 9.98. The maximum absolute atomic E-state index is 13.1. The third kappa shape index (κ3) is 10.8. The van der Waals surface area contributed by atoms with E-state index in [-0.39, 0.29) is 43.9 Å². The minimum Gasteiger partial charge on any atom is -0.394 e. The predicted molar refractivity (Wildman–Crippen MR) is 230 cm³/mol. The molecule has 0 unspecified atom stereocenters. The van der Waals surface area contributed by atoms with E-state index in [1.54, 1.807) is 39.8 Å². The fraction of sp³-hybridized carbons (Fsp3) is 0.467. The first-order valence-electron chi connectivity index (χ1n) is 21.3. The Hall–Kier alpha value is -5.60. The van der Waals surface area contributed by atoms with E-state index in [1.807, 2.05) is 0 Å². The molecule has 4 aliphatic heterocycles. The van der Waals surface area contributed by atoms with Crippen LogP contribution in [-0.4, -0.2) is 149 Å². The van der Waals surface area contributed by atoms with Crippen LogP contribution in [0.4, 0.5) is 0 Å². The number of aliphatic hydroxyl groups excluding tert-OH is 8. The van der Waals surface area contributed by atoms with Crippen molar-refractivity contribution in [3.8, 4) is 0 Å². The van der Waals surface area contributed by atoms with Crippen molar-refractivity contribution in [2.24, 2.45) is 0 Å². The van der Waals surface area contributed by atoms with Crippen molar-refractivity contribution in [1.82, 2.24) is 20.6 Å². The number of rotatable bonds is 18. The summed E-state index contributed by atoms with van der Waals surface area (Å²) in [6.45, 7) is 13.1. The number of aliphatic hydroxyl groups is 8. The van der Waals surface area contributed by atoms with Gasteiger partial charge < -0.3 is 70.9 Å². The van der Waals surface area contributed by atoms with Gasteiger partial charge in [0.1, 0.15) is 48.8 Å². The molecule has 0 aromatic carbocycles. The summed E-state index contributed by atoms with van der Waals surface area (Å²) in [4.78, 5) is 78.3. The molecule has 6 rings (SSSR count). The molecule has 12 N–H and O–H groups in total. The highest BCUT2D eigenvalue weighted by atomic mass is 17.2. The number of carbonyl (C=O) groups is 4. The summed E-state index contributed by atoms with van der Waals surface area (Å²) in [5, 5.41) is 85.7. The van der Waals surface area contributed by atoms with Gasteiger partial charge in [-0.15, -0.1) is 9.78 Å². The minimum atomic E-state index is -1.82. The molecule has 4 aliphatic rings. The lowest BCUT2D eigenvalue weighted by Gasteiger charge is -2.38. The predicted octanol–water partition coefficient (Wildman–Crippen LogP) is -1.09. The first kappa shape index (κ1) is 50.8. The van der Waals surface area contributed by atoms with Crippen molar-refractivity contribution in [3.63, 3.8) is 0 Å². The topological polar surface area (TPSA) is 341 Å². The Bertz CT molecular complexity index is 2230. The monoisotopic (exact) mass is 940 g/mol. The fourth-order valence-corrected chi connectivity index (χ4v) is 8.19. The molecular weight excluding hydrogens is 885 g/mol. The van der Waals surface area contributed by atoms with Crippen LogP contribution in [0, 0.1) is 13.8 Å². The third-order valence-electron chi connectivity index (χ3n) is 12.3. The average molecular weight is 941 g/mol. The molecule has 22 nitrogen and oxygen atoms in total. The van der Waals surface area contributed by atoms with Crippen LogP contribution in [0.2, 0.25) is 0 Å². The van der Waals surface area contributed by atoms with E-state index >= 15 is 0 Å². The standard InChI is InChI=1S/C45H56N4O18/c1-7-22-18(3)28(48-42(22)60)13-26-20(5)24(9-11-34(52)64-66-44-40(58)38(56)36(54)32(16-50)62-44)30(46-26)15-31-25(21(6)27(47-31)14-29-19(4)23(8-2)43(61)49-29)10-12-35(53)65-67-45-41(59)39(57)37(55)33(17-51)63-45/h7-8,13-14,32-33,36-41,44-47,50-51,54-59H,1-2,9-12,15-17H2,3-6H3,(H,48,60)(H,49,61)/b28-13-,29-14-/t32-,33-,36-,37-,38+,39+,40-,41-,44+,45+/m1/s1. The van der Waals surface area contributed by atoms with Gasteiger partial charge >= 0.3 is 11.9 Å². The molecule has 10 atom stereocenters. The normalized spacial score (nSPS) is 28.9. The number of aromatic nitrogens is 2. The molecule has 0 radical (unpaired) electrons. The molecule has 22 heteroatoms. The molecule has 6 heterocycles. The van der Waals surface area contributed by atoms with Crippen molar-refractivity contribution in [2.45, 2.75) is 121 Å². The fourth-order valence-electron chi connectivity index (χ4n) is 8.19. The van der Waals surface area contributed by atoms with Crippen LogP contribution in [0.5, 0.6) is 0 Å². The molecule has 2 aromatic heterocycles. The second-order valence-electron chi connectivity index (χ2n) is 16.4. The summed E-state index contributed by atoms with van der Waals surface area (Å²) < 4.78 is 10.5. The lowest BCUT2D eigenvalue weighted by Crippen LogP contribution is -2.59. The Morgan fingerprint density at radius 2 is 0.985 bits per heavy atom. The van der Waals surface area contributed by atoms with Gasteiger partial charge in [0, 0.05) is 51.7 Å². The number of allylic oxidation sites excluding steroid dienone is 2. The van der Waals surface area contributed by atoms with Crippen molar-refractivity contribution < 1.29 is 89.1 Å². The van der Waals surface area contributed by atoms with Crippen LogP contribution in [0.25, 0.3) is 12.2 Å². The minimum absolute atomic E-state index is 0.0463. The molecular formula is C45H56N4O18. The number of carbonyl (C=O) groups excluding carboxylic acids is 4. The van der Waals surface area contributed by atoms with E-state index < -0.39 is 86.6 Å². The van der Waals surface area contributed by atoms with Crippen molar-refractivity contribution in [1.29, 1.82) is 0 Å². The van der Waals surface area contributed by atoms with Gasteiger partial charge in [0.05, 0.1) is 26.1 Å². The second kappa shape index (κ2) is 21.6. The van der Waals surface area contributed by atoms with Crippen LogP contribution in [0.15, 0.2) is 59.0 Å². The van der Waals surface area contributed by atoms with E-state index in [2.05, 4.69) is 33.8 Å². The number of hydrogen-bond donors (Lipinski definition) is 12. The highest BCUT2D eigenvalue weighted by Gasteiger charge is 2.46. The Morgan fingerprint density at radius 3 is 1.31 bits per heavy atom. The average Bonchev–Trinajstić information content (AvgIpc) is 3.96. The van der Waals surface area contributed by atoms with Crippen LogP contribution in [-0.2, 0) is 67.5 Å². The Balaban J connectivity index is 1.29. The number of amides is 2. The number of aromatic amines is 2. The molecule has 2 aromatic rings. The molecule has 67 heavy (non-hydrogen) atoms. The van der Waals surface area contributed by atoms with Gasteiger partial charge in [-0.05, 0) is 86.1 Å². The summed E-state index contributed by atoms with van der Waals surface area (Å²) in [6, 6.07) is 0. The highest BCUT2D eigenvalue weighted by molar-refractivity contribution is 6.04. The molecule has 0 spiro atoms. The molecule has 0 bridgehead atoms. The number of ether oxygens (including phenoxy) is 2. The molecule has 2 saturated heterocycles. The van der Waals surface area contributed by atoms with E-state index in [9.17, 15) is 60.0 Å².